The van der Waals surface area contributed by atoms with Gasteiger partial charge in [-0.05, 0) is 30.7 Å². The number of rotatable bonds is 4. The van der Waals surface area contributed by atoms with Crippen molar-refractivity contribution in [1.82, 2.24) is 4.98 Å². The number of nitrogens with zero attached hydrogens (tertiary/aromatic N) is 1. The van der Waals surface area contributed by atoms with Crippen LogP contribution in [0.2, 0.25) is 0 Å². The van der Waals surface area contributed by atoms with Crippen molar-refractivity contribution >= 4 is 11.6 Å². The summed E-state index contributed by atoms with van der Waals surface area (Å²) in [7, 11) is 0. The lowest BCUT2D eigenvalue weighted by atomic mass is 10.2. The van der Waals surface area contributed by atoms with E-state index in [1.807, 2.05) is 31.2 Å². The number of benzene rings is 1. The van der Waals surface area contributed by atoms with E-state index in [4.69, 9.17) is 4.74 Å². The summed E-state index contributed by atoms with van der Waals surface area (Å²) in [5.41, 5.74) is 1.72. The van der Waals surface area contributed by atoms with Gasteiger partial charge in [0, 0.05) is 5.69 Å². The van der Waals surface area contributed by atoms with E-state index in [0.717, 1.165) is 11.3 Å². The molecular formula is C14H13FN2O2. The van der Waals surface area contributed by atoms with Crippen LogP contribution in [0.15, 0.2) is 42.6 Å². The normalized spacial score (nSPS) is 10.0. The van der Waals surface area contributed by atoms with Crippen LogP contribution in [0.25, 0.3) is 0 Å². The minimum absolute atomic E-state index is 0.151. The minimum atomic E-state index is -0.586. The number of halogens is 1. The first-order chi connectivity index (χ1) is 9.15. The Kier molecular flexibility index (Phi) is 4.07. The molecule has 0 spiro atoms. The molecule has 19 heavy (non-hydrogen) atoms. The molecule has 0 saturated carbocycles. The highest BCUT2D eigenvalue weighted by atomic mass is 19.1. The molecule has 4 nitrogen and oxygen atoms in total. The molecule has 0 saturated heterocycles. The number of para-hydroxylation sites is 1. The molecule has 0 bridgehead atoms. The topological polar surface area (TPSA) is 51.2 Å². The predicted octanol–water partition coefficient (Wildman–Crippen LogP) is 2.55. The zero-order valence-corrected chi connectivity index (χ0v) is 10.4. The number of anilines is 1. The van der Waals surface area contributed by atoms with Gasteiger partial charge in [0.1, 0.15) is 5.75 Å². The van der Waals surface area contributed by atoms with Crippen LogP contribution in [0.4, 0.5) is 10.1 Å². The Bertz CT molecular complexity index is 570. The zero-order chi connectivity index (χ0) is 13.7. The number of amides is 1. The van der Waals surface area contributed by atoms with Gasteiger partial charge >= 0.3 is 0 Å². The molecule has 2 aromatic rings. The van der Waals surface area contributed by atoms with Gasteiger partial charge < -0.3 is 10.1 Å². The summed E-state index contributed by atoms with van der Waals surface area (Å²) in [4.78, 5) is 15.1. The van der Waals surface area contributed by atoms with Gasteiger partial charge in [0.2, 0.25) is 5.95 Å². The Morgan fingerprint density at radius 1 is 1.32 bits per heavy atom. The van der Waals surface area contributed by atoms with E-state index in [1.54, 1.807) is 0 Å². The van der Waals surface area contributed by atoms with Crippen LogP contribution in [0.5, 0.6) is 5.75 Å². The van der Waals surface area contributed by atoms with Crippen LogP contribution in [-0.4, -0.2) is 17.5 Å². The summed E-state index contributed by atoms with van der Waals surface area (Å²) >= 11 is 0. The lowest BCUT2D eigenvalue weighted by Crippen LogP contribution is -2.20. The third kappa shape index (κ3) is 3.77. The van der Waals surface area contributed by atoms with Crippen molar-refractivity contribution in [2.45, 2.75) is 6.92 Å². The van der Waals surface area contributed by atoms with Gasteiger partial charge in [-0.3, -0.25) is 4.79 Å². The fourth-order valence-corrected chi connectivity index (χ4v) is 1.50. The fraction of sp³-hybridized carbons (Fsp3) is 0.143. The van der Waals surface area contributed by atoms with Crippen molar-refractivity contribution in [2.24, 2.45) is 0 Å². The van der Waals surface area contributed by atoms with Crippen molar-refractivity contribution in [1.29, 1.82) is 0 Å². The highest BCUT2D eigenvalue weighted by Gasteiger charge is 2.05. The average molecular weight is 260 g/mol. The van der Waals surface area contributed by atoms with Crippen LogP contribution in [-0.2, 0) is 4.79 Å². The lowest BCUT2D eigenvalue weighted by molar-refractivity contribution is -0.118. The van der Waals surface area contributed by atoms with Gasteiger partial charge in [0.25, 0.3) is 5.91 Å². The van der Waals surface area contributed by atoms with Crippen LogP contribution >= 0.6 is 0 Å². The van der Waals surface area contributed by atoms with Crippen LogP contribution in [0, 0.1) is 12.9 Å². The molecule has 0 aliphatic rings. The lowest BCUT2D eigenvalue weighted by Gasteiger charge is -2.09. The fourth-order valence-electron chi connectivity index (χ4n) is 1.50. The van der Waals surface area contributed by atoms with Crippen molar-refractivity contribution < 1.29 is 13.9 Å². The molecule has 0 aliphatic carbocycles. The van der Waals surface area contributed by atoms with E-state index in [1.165, 1.54) is 18.3 Å². The molecule has 2 rings (SSSR count). The molecule has 0 radical (unpaired) electrons. The molecule has 1 heterocycles. The third-order valence-corrected chi connectivity index (χ3v) is 2.49. The van der Waals surface area contributed by atoms with Crippen molar-refractivity contribution in [3.63, 3.8) is 0 Å². The van der Waals surface area contributed by atoms with E-state index in [0.29, 0.717) is 5.75 Å². The van der Waals surface area contributed by atoms with E-state index < -0.39 is 5.95 Å². The molecule has 1 aromatic carbocycles. The molecule has 0 aliphatic heterocycles. The summed E-state index contributed by atoms with van der Waals surface area (Å²) in [6.45, 7) is 1.75. The predicted molar refractivity (Wildman–Crippen MR) is 69.5 cm³/mol. The molecular weight excluding hydrogens is 247 g/mol. The van der Waals surface area contributed by atoms with Gasteiger partial charge in [-0.15, -0.1) is 0 Å². The summed E-state index contributed by atoms with van der Waals surface area (Å²) in [6.07, 6.45) is 1.23. The van der Waals surface area contributed by atoms with E-state index >= 15 is 0 Å². The SMILES string of the molecule is Cc1ccccc1NC(=O)COc1ccc(F)nc1. The van der Waals surface area contributed by atoms with Crippen LogP contribution in [0.3, 0.4) is 0 Å². The summed E-state index contributed by atoms with van der Waals surface area (Å²) < 4.78 is 17.8. The third-order valence-electron chi connectivity index (χ3n) is 2.49. The molecule has 98 valence electrons. The maximum Gasteiger partial charge on any atom is 0.262 e. The Labute approximate surface area is 110 Å². The van der Waals surface area contributed by atoms with Gasteiger partial charge in [0.15, 0.2) is 6.61 Å². The molecule has 0 atom stereocenters. The smallest absolute Gasteiger partial charge is 0.262 e. The number of carbonyl (C=O) groups is 1. The number of ether oxygens (including phenoxy) is 1. The first kappa shape index (κ1) is 13.0. The number of nitrogens with one attached hydrogen (secondary N) is 1. The molecule has 1 aromatic heterocycles. The Morgan fingerprint density at radius 3 is 2.79 bits per heavy atom. The number of aryl methyl sites for hydroxylation is 1. The minimum Gasteiger partial charge on any atom is -0.482 e. The number of pyridine rings is 1. The monoisotopic (exact) mass is 260 g/mol. The second kappa shape index (κ2) is 5.95. The molecule has 1 amide bonds. The first-order valence-electron chi connectivity index (χ1n) is 5.75. The van der Waals surface area contributed by atoms with E-state index in [2.05, 4.69) is 10.3 Å². The van der Waals surface area contributed by atoms with Gasteiger partial charge in [-0.2, -0.15) is 4.39 Å². The molecule has 0 fully saturated rings. The largest absolute Gasteiger partial charge is 0.482 e. The Hall–Kier alpha value is -2.43. The highest BCUT2D eigenvalue weighted by molar-refractivity contribution is 5.92. The standard InChI is InChI=1S/C14H13FN2O2/c1-10-4-2-3-5-12(10)17-14(18)9-19-11-6-7-13(15)16-8-11/h2-8H,9H2,1H3,(H,17,18). The van der Waals surface area contributed by atoms with Crippen LogP contribution in [0.1, 0.15) is 5.56 Å². The molecule has 5 heteroatoms. The molecule has 0 unspecified atom stereocenters. The first-order valence-corrected chi connectivity index (χ1v) is 5.75. The highest BCUT2D eigenvalue weighted by Crippen LogP contribution is 2.13. The second-order valence-electron chi connectivity index (χ2n) is 3.97. The quantitative estimate of drug-likeness (QED) is 0.859. The van der Waals surface area contributed by atoms with E-state index in [-0.39, 0.29) is 12.5 Å². The summed E-state index contributed by atoms with van der Waals surface area (Å²) in [5.74, 6) is -0.517. The maximum atomic E-state index is 12.6. The van der Waals surface area contributed by atoms with Crippen molar-refractivity contribution in [2.75, 3.05) is 11.9 Å². The van der Waals surface area contributed by atoms with Crippen LogP contribution < -0.4 is 10.1 Å². The zero-order valence-electron chi connectivity index (χ0n) is 10.4. The number of hydrogen-bond donors (Lipinski definition) is 1. The number of aromatic nitrogens is 1. The number of hydrogen-bond acceptors (Lipinski definition) is 3. The Morgan fingerprint density at radius 2 is 2.11 bits per heavy atom. The van der Waals surface area contributed by atoms with Gasteiger partial charge in [0.05, 0.1) is 6.20 Å². The average Bonchev–Trinajstić information content (AvgIpc) is 2.41. The van der Waals surface area contributed by atoms with Crippen molar-refractivity contribution in [3.8, 4) is 5.75 Å². The van der Waals surface area contributed by atoms with Gasteiger partial charge in [-0.1, -0.05) is 18.2 Å². The number of carbonyl (C=O) groups excluding carboxylic acids is 1. The summed E-state index contributed by atoms with van der Waals surface area (Å²) in [5, 5.41) is 2.73. The second-order valence-corrected chi connectivity index (χ2v) is 3.97. The Balaban J connectivity index is 1.88. The van der Waals surface area contributed by atoms with Gasteiger partial charge in [-0.25, -0.2) is 4.98 Å². The van der Waals surface area contributed by atoms with Crippen molar-refractivity contribution in [3.05, 3.63) is 54.1 Å². The molecule has 1 N–H and O–H groups in total. The van der Waals surface area contributed by atoms with E-state index in [9.17, 15) is 9.18 Å². The summed E-state index contributed by atoms with van der Waals surface area (Å²) in [6, 6.07) is 10.0. The maximum absolute atomic E-state index is 12.6.